The molecule has 0 radical (unpaired) electrons. The van der Waals surface area contributed by atoms with E-state index in [4.69, 9.17) is 10.5 Å². The summed E-state index contributed by atoms with van der Waals surface area (Å²) in [7, 11) is 1.59. The van der Waals surface area contributed by atoms with Gasteiger partial charge in [0.1, 0.15) is 11.5 Å². The molecule has 2 rings (SSSR count). The average molecular weight is 391 g/mol. The zero-order valence-corrected chi connectivity index (χ0v) is 14.0. The fourth-order valence-electron chi connectivity index (χ4n) is 1.99. The van der Waals surface area contributed by atoms with Crippen LogP contribution in [0, 0.1) is 5.92 Å². The number of hydrogen-bond acceptors (Lipinski definition) is 3. The molecule has 0 unspecified atom stereocenters. The largest absolute Gasteiger partial charge is 0.508 e. The van der Waals surface area contributed by atoms with E-state index in [0.717, 1.165) is 12.5 Å². The van der Waals surface area contributed by atoms with Gasteiger partial charge in [-0.15, -0.1) is 24.0 Å². The number of ether oxygens (including phenoxy) is 1. The van der Waals surface area contributed by atoms with E-state index in [1.54, 1.807) is 25.3 Å². The molecule has 6 heteroatoms. The number of phenolic OH excluding ortho intramolecular Hbond substituents is 1. The normalized spacial score (nSPS) is 15.2. The van der Waals surface area contributed by atoms with Gasteiger partial charge in [-0.1, -0.05) is 6.42 Å². The maximum atomic E-state index is 9.72. The lowest BCUT2D eigenvalue weighted by molar-refractivity contribution is 0.315. The number of phenols is 1. The van der Waals surface area contributed by atoms with Gasteiger partial charge in [0, 0.05) is 12.1 Å². The average Bonchev–Trinajstić information content (AvgIpc) is 2.36. The molecule has 1 aliphatic rings. The Morgan fingerprint density at radius 1 is 1.50 bits per heavy atom. The molecule has 0 bridgehead atoms. The molecule has 20 heavy (non-hydrogen) atoms. The van der Waals surface area contributed by atoms with Gasteiger partial charge in [0.05, 0.1) is 13.7 Å². The summed E-state index contributed by atoms with van der Waals surface area (Å²) < 4.78 is 5.11. The second-order valence-electron chi connectivity index (χ2n) is 4.87. The highest BCUT2D eigenvalue weighted by atomic mass is 127. The van der Waals surface area contributed by atoms with Crippen molar-refractivity contribution in [1.29, 1.82) is 0 Å². The number of aliphatic imine (C=N–C) groups is 1. The van der Waals surface area contributed by atoms with Crippen molar-refractivity contribution in [3.8, 4) is 11.5 Å². The van der Waals surface area contributed by atoms with Crippen LogP contribution in [0.25, 0.3) is 0 Å². The van der Waals surface area contributed by atoms with E-state index in [1.807, 2.05) is 0 Å². The number of hydrogen-bond donors (Lipinski definition) is 3. The van der Waals surface area contributed by atoms with Crippen molar-refractivity contribution < 1.29 is 9.84 Å². The number of rotatable bonds is 5. The van der Waals surface area contributed by atoms with Crippen LogP contribution in [0.4, 0.5) is 0 Å². The molecule has 0 saturated heterocycles. The smallest absolute Gasteiger partial charge is 0.188 e. The quantitative estimate of drug-likeness (QED) is 0.409. The first kappa shape index (κ1) is 16.9. The van der Waals surface area contributed by atoms with Gasteiger partial charge in [0.2, 0.25) is 0 Å². The lowest BCUT2D eigenvalue weighted by Crippen LogP contribution is -2.37. The predicted octanol–water partition coefficient (Wildman–Crippen LogP) is 2.22. The van der Waals surface area contributed by atoms with Gasteiger partial charge >= 0.3 is 0 Å². The number of nitrogens with two attached hydrogens (primary N) is 1. The Morgan fingerprint density at radius 2 is 2.25 bits per heavy atom. The molecule has 1 aromatic carbocycles. The molecule has 4 N–H and O–H groups in total. The predicted molar refractivity (Wildman–Crippen MR) is 90.7 cm³/mol. The van der Waals surface area contributed by atoms with Crippen LogP contribution in [0.15, 0.2) is 23.2 Å². The van der Waals surface area contributed by atoms with Gasteiger partial charge in [-0.05, 0) is 37.0 Å². The third-order valence-electron chi connectivity index (χ3n) is 3.50. The molecule has 0 aromatic heterocycles. The summed E-state index contributed by atoms with van der Waals surface area (Å²) in [5, 5.41) is 12.8. The zero-order valence-electron chi connectivity index (χ0n) is 11.6. The van der Waals surface area contributed by atoms with Crippen LogP contribution in [0.1, 0.15) is 24.8 Å². The second-order valence-corrected chi connectivity index (χ2v) is 4.87. The van der Waals surface area contributed by atoms with Crippen molar-refractivity contribution >= 4 is 29.9 Å². The second kappa shape index (κ2) is 8.18. The van der Waals surface area contributed by atoms with E-state index in [1.165, 1.54) is 19.3 Å². The van der Waals surface area contributed by atoms with Crippen molar-refractivity contribution in [2.45, 2.75) is 25.8 Å². The van der Waals surface area contributed by atoms with Crippen LogP contribution in [0.3, 0.4) is 0 Å². The van der Waals surface area contributed by atoms with E-state index in [2.05, 4.69) is 10.3 Å². The Hall–Kier alpha value is -1.18. The summed E-state index contributed by atoms with van der Waals surface area (Å²) >= 11 is 0. The standard InChI is InChI=1S/C14H21N3O2.HI/c1-19-12-5-6-13(18)11(7-12)9-17-14(15)16-8-10-3-2-4-10;/h5-7,10,18H,2-4,8-9H2,1H3,(H3,15,16,17);1H. The SMILES string of the molecule is COc1ccc(O)c(CN=C(N)NCC2CCC2)c1.I. The van der Waals surface area contributed by atoms with E-state index in [0.29, 0.717) is 23.8 Å². The first-order valence-electron chi connectivity index (χ1n) is 6.58. The van der Waals surface area contributed by atoms with Crippen LogP contribution < -0.4 is 15.8 Å². The van der Waals surface area contributed by atoms with Crippen molar-refractivity contribution in [2.24, 2.45) is 16.6 Å². The molecule has 112 valence electrons. The molecular weight excluding hydrogens is 369 g/mol. The van der Waals surface area contributed by atoms with Crippen molar-refractivity contribution in [2.75, 3.05) is 13.7 Å². The number of nitrogens with one attached hydrogen (secondary N) is 1. The summed E-state index contributed by atoms with van der Waals surface area (Å²) in [4.78, 5) is 4.23. The minimum absolute atomic E-state index is 0. The van der Waals surface area contributed by atoms with Crippen LogP contribution >= 0.6 is 24.0 Å². The Bertz CT molecular complexity index is 462. The molecule has 5 nitrogen and oxygen atoms in total. The molecular formula is C14H22IN3O2. The fourth-order valence-corrected chi connectivity index (χ4v) is 1.99. The lowest BCUT2D eigenvalue weighted by Gasteiger charge is -2.25. The van der Waals surface area contributed by atoms with Gasteiger partial charge < -0.3 is 20.9 Å². The minimum atomic E-state index is 0. The van der Waals surface area contributed by atoms with Crippen LogP contribution in [0.2, 0.25) is 0 Å². The third-order valence-corrected chi connectivity index (χ3v) is 3.50. The maximum Gasteiger partial charge on any atom is 0.188 e. The summed E-state index contributed by atoms with van der Waals surface area (Å²) in [6.45, 7) is 1.23. The Morgan fingerprint density at radius 3 is 2.85 bits per heavy atom. The van der Waals surface area contributed by atoms with Gasteiger partial charge in [-0.25, -0.2) is 4.99 Å². The number of benzene rings is 1. The molecule has 0 atom stereocenters. The Balaban J connectivity index is 0.00000200. The minimum Gasteiger partial charge on any atom is -0.508 e. The molecule has 1 aliphatic carbocycles. The molecule has 1 fully saturated rings. The molecule has 1 saturated carbocycles. The maximum absolute atomic E-state index is 9.72. The summed E-state index contributed by atoms with van der Waals surface area (Å²) in [6, 6.07) is 5.07. The lowest BCUT2D eigenvalue weighted by atomic mass is 9.85. The number of guanidine groups is 1. The summed E-state index contributed by atoms with van der Waals surface area (Å²) in [5.74, 6) is 2.06. The number of methoxy groups -OCH3 is 1. The van der Waals surface area contributed by atoms with Crippen molar-refractivity contribution in [1.82, 2.24) is 5.32 Å². The number of nitrogens with zero attached hydrogens (tertiary/aromatic N) is 1. The van der Waals surface area contributed by atoms with Crippen LogP contribution in [0.5, 0.6) is 11.5 Å². The Kier molecular flexibility index (Phi) is 6.90. The topological polar surface area (TPSA) is 79.9 Å². The molecule has 0 amide bonds. The van der Waals surface area contributed by atoms with Crippen LogP contribution in [-0.2, 0) is 6.54 Å². The van der Waals surface area contributed by atoms with Gasteiger partial charge in [-0.3, -0.25) is 0 Å². The first-order chi connectivity index (χ1) is 9.19. The highest BCUT2D eigenvalue weighted by molar-refractivity contribution is 14.0. The van der Waals surface area contributed by atoms with E-state index in [9.17, 15) is 5.11 Å². The molecule has 0 aliphatic heterocycles. The monoisotopic (exact) mass is 391 g/mol. The molecule has 0 heterocycles. The van der Waals surface area contributed by atoms with E-state index < -0.39 is 0 Å². The number of aromatic hydroxyl groups is 1. The Labute approximate surface area is 136 Å². The highest BCUT2D eigenvalue weighted by Crippen LogP contribution is 2.25. The zero-order chi connectivity index (χ0) is 13.7. The molecule has 1 aromatic rings. The van der Waals surface area contributed by atoms with Gasteiger partial charge in [0.25, 0.3) is 0 Å². The van der Waals surface area contributed by atoms with Gasteiger partial charge in [-0.2, -0.15) is 0 Å². The van der Waals surface area contributed by atoms with Gasteiger partial charge in [0.15, 0.2) is 5.96 Å². The van der Waals surface area contributed by atoms with E-state index in [-0.39, 0.29) is 29.7 Å². The van der Waals surface area contributed by atoms with E-state index >= 15 is 0 Å². The van der Waals surface area contributed by atoms with Crippen molar-refractivity contribution in [3.05, 3.63) is 23.8 Å². The highest BCUT2D eigenvalue weighted by Gasteiger charge is 2.16. The number of halogens is 1. The third kappa shape index (κ3) is 4.73. The fraction of sp³-hybridized carbons (Fsp3) is 0.500. The summed E-state index contributed by atoms with van der Waals surface area (Å²) in [6.07, 6.45) is 3.87. The molecule has 0 spiro atoms. The summed E-state index contributed by atoms with van der Waals surface area (Å²) in [5.41, 5.74) is 6.50. The van der Waals surface area contributed by atoms with Crippen molar-refractivity contribution in [3.63, 3.8) is 0 Å². The van der Waals surface area contributed by atoms with Crippen LogP contribution in [-0.4, -0.2) is 24.7 Å². The first-order valence-corrected chi connectivity index (χ1v) is 6.58.